The SMILES string of the molecule is [C-]#[N+]c1cc(-c2nc(-c3cccc4c3CC[C@@H]4N(P)CCC)no2)ccc1OC(C)C. The van der Waals surface area contributed by atoms with Crippen molar-refractivity contribution in [3.63, 3.8) is 0 Å². The summed E-state index contributed by atoms with van der Waals surface area (Å²) in [6.45, 7) is 14.6. The minimum atomic E-state index is 0.000120. The van der Waals surface area contributed by atoms with Crippen LogP contribution in [0.4, 0.5) is 5.69 Å². The molecule has 2 atom stereocenters. The minimum absolute atomic E-state index is 0.000120. The van der Waals surface area contributed by atoms with Crippen molar-refractivity contribution in [1.29, 1.82) is 0 Å². The van der Waals surface area contributed by atoms with Crippen molar-refractivity contribution in [3.8, 4) is 28.6 Å². The molecule has 31 heavy (non-hydrogen) atoms. The first-order valence-electron chi connectivity index (χ1n) is 10.7. The summed E-state index contributed by atoms with van der Waals surface area (Å²) in [5.74, 6) is 1.56. The molecule has 0 saturated heterocycles. The maximum Gasteiger partial charge on any atom is 0.256 e. The van der Waals surface area contributed by atoms with Crippen molar-refractivity contribution in [1.82, 2.24) is 14.8 Å². The van der Waals surface area contributed by atoms with Gasteiger partial charge in [0.1, 0.15) is 5.75 Å². The Kier molecular flexibility index (Phi) is 6.36. The molecule has 0 bridgehead atoms. The van der Waals surface area contributed by atoms with Gasteiger partial charge in [-0.05, 0) is 62.4 Å². The molecule has 0 fully saturated rings. The second-order valence-electron chi connectivity index (χ2n) is 8.05. The smallest absolute Gasteiger partial charge is 0.256 e. The topological polar surface area (TPSA) is 55.8 Å². The lowest BCUT2D eigenvalue weighted by atomic mass is 10.0. The van der Waals surface area contributed by atoms with Gasteiger partial charge >= 0.3 is 0 Å². The molecule has 0 N–H and O–H groups in total. The maximum atomic E-state index is 7.47. The number of hydrogen-bond donors (Lipinski definition) is 0. The van der Waals surface area contributed by atoms with Crippen molar-refractivity contribution >= 4 is 15.1 Å². The summed E-state index contributed by atoms with van der Waals surface area (Å²) in [7, 11) is 2.88. The van der Waals surface area contributed by atoms with Crippen molar-refractivity contribution in [3.05, 3.63) is 58.9 Å². The van der Waals surface area contributed by atoms with E-state index in [0.29, 0.717) is 34.8 Å². The highest BCUT2D eigenvalue weighted by Gasteiger charge is 2.29. The van der Waals surface area contributed by atoms with E-state index in [-0.39, 0.29) is 6.10 Å². The van der Waals surface area contributed by atoms with Gasteiger partial charge in [0.25, 0.3) is 5.89 Å². The van der Waals surface area contributed by atoms with Gasteiger partial charge in [-0.1, -0.05) is 39.7 Å². The Balaban J connectivity index is 1.65. The standard InChI is InChI=1S/C24H27N4O2P/c1-5-13-28(31)21-11-10-17-18(21)7-6-8-19(17)23-26-24(30-27-23)16-9-12-22(29-15(2)3)20(14-16)25-4/h6-9,12,14-15,21H,5,10-11,13,31H2,1-3H3/t21-/m0/s1. The van der Waals surface area contributed by atoms with Gasteiger partial charge in [0.05, 0.1) is 12.7 Å². The van der Waals surface area contributed by atoms with E-state index in [0.717, 1.165) is 31.4 Å². The number of aromatic nitrogens is 2. The van der Waals surface area contributed by atoms with Gasteiger partial charge < -0.3 is 9.26 Å². The van der Waals surface area contributed by atoms with Gasteiger partial charge in [0, 0.05) is 23.7 Å². The first-order chi connectivity index (χ1) is 15.0. The second-order valence-corrected chi connectivity index (χ2v) is 8.71. The molecule has 0 saturated carbocycles. The molecule has 7 heteroatoms. The molecule has 0 aliphatic heterocycles. The minimum Gasteiger partial charge on any atom is -0.502 e. The number of nitrogens with zero attached hydrogens (tertiary/aromatic N) is 4. The maximum absolute atomic E-state index is 7.47. The van der Waals surface area contributed by atoms with E-state index in [1.165, 1.54) is 11.1 Å². The van der Waals surface area contributed by atoms with E-state index in [1.807, 2.05) is 19.9 Å². The van der Waals surface area contributed by atoms with Crippen LogP contribution in [0.3, 0.4) is 0 Å². The van der Waals surface area contributed by atoms with E-state index < -0.39 is 0 Å². The molecule has 0 radical (unpaired) electrons. The zero-order chi connectivity index (χ0) is 22.0. The van der Waals surface area contributed by atoms with E-state index >= 15 is 0 Å². The molecule has 4 rings (SSSR count). The predicted molar refractivity (Wildman–Crippen MR) is 125 cm³/mol. The Morgan fingerprint density at radius 2 is 2.16 bits per heavy atom. The first kappa shape index (κ1) is 21.5. The zero-order valence-electron chi connectivity index (χ0n) is 18.1. The summed E-state index contributed by atoms with van der Waals surface area (Å²) in [4.78, 5) is 8.25. The van der Waals surface area contributed by atoms with Crippen molar-refractivity contribution in [2.45, 2.75) is 52.2 Å². The lowest BCUT2D eigenvalue weighted by Gasteiger charge is -2.24. The van der Waals surface area contributed by atoms with E-state index in [2.05, 4.69) is 54.2 Å². The van der Waals surface area contributed by atoms with E-state index in [4.69, 9.17) is 15.8 Å². The highest BCUT2D eigenvalue weighted by atomic mass is 31.0. The average Bonchev–Trinajstić information content (AvgIpc) is 3.41. The molecular formula is C24H27N4O2P. The molecule has 3 aromatic rings. The molecule has 1 aliphatic carbocycles. The number of hydrogen-bond acceptors (Lipinski definition) is 5. The van der Waals surface area contributed by atoms with Gasteiger partial charge in [0.15, 0.2) is 0 Å². The zero-order valence-corrected chi connectivity index (χ0v) is 19.3. The third-order valence-corrected chi connectivity index (χ3v) is 6.10. The average molecular weight is 434 g/mol. The fourth-order valence-electron chi connectivity index (χ4n) is 4.14. The normalized spacial score (nSPS) is 15.3. The molecule has 160 valence electrons. The Bertz CT molecular complexity index is 1120. The van der Waals surface area contributed by atoms with Crippen LogP contribution in [0.15, 0.2) is 40.9 Å². The lowest BCUT2D eigenvalue weighted by molar-refractivity contribution is 0.244. The Morgan fingerprint density at radius 3 is 2.90 bits per heavy atom. The largest absolute Gasteiger partial charge is 0.502 e. The monoisotopic (exact) mass is 434 g/mol. The number of fused-ring (bicyclic) bond motifs is 1. The van der Waals surface area contributed by atoms with Crippen LogP contribution in [-0.4, -0.2) is 27.5 Å². The number of benzene rings is 2. The lowest BCUT2D eigenvalue weighted by Crippen LogP contribution is -2.17. The van der Waals surface area contributed by atoms with Crippen LogP contribution in [0, 0.1) is 6.57 Å². The second kappa shape index (κ2) is 9.18. The van der Waals surface area contributed by atoms with Gasteiger partial charge in [-0.15, -0.1) is 0 Å². The predicted octanol–water partition coefficient (Wildman–Crippen LogP) is 6.23. The van der Waals surface area contributed by atoms with Gasteiger partial charge in [-0.3, -0.25) is 4.67 Å². The summed E-state index contributed by atoms with van der Waals surface area (Å²) >= 11 is 0. The van der Waals surface area contributed by atoms with Gasteiger partial charge in [0.2, 0.25) is 11.5 Å². The van der Waals surface area contributed by atoms with Crippen LogP contribution in [0.5, 0.6) is 5.75 Å². The summed E-state index contributed by atoms with van der Waals surface area (Å²) < 4.78 is 13.6. The summed E-state index contributed by atoms with van der Waals surface area (Å²) in [5, 5.41) is 4.26. The third kappa shape index (κ3) is 4.35. The van der Waals surface area contributed by atoms with E-state index in [1.54, 1.807) is 12.1 Å². The highest BCUT2D eigenvalue weighted by Crippen LogP contribution is 2.42. The van der Waals surface area contributed by atoms with Crippen molar-refractivity contribution in [2.75, 3.05) is 6.54 Å². The molecule has 2 aromatic carbocycles. The molecule has 0 spiro atoms. The first-order valence-corrected chi connectivity index (χ1v) is 11.2. The highest BCUT2D eigenvalue weighted by molar-refractivity contribution is 7.13. The molecule has 1 aromatic heterocycles. The fraction of sp³-hybridized carbons (Fsp3) is 0.375. The third-order valence-electron chi connectivity index (χ3n) is 5.48. The Morgan fingerprint density at radius 1 is 1.32 bits per heavy atom. The molecular weight excluding hydrogens is 407 g/mol. The molecule has 6 nitrogen and oxygen atoms in total. The summed E-state index contributed by atoms with van der Waals surface area (Å²) in [6, 6.07) is 12.1. The molecule has 1 aliphatic rings. The van der Waals surface area contributed by atoms with Crippen LogP contribution in [0.2, 0.25) is 0 Å². The molecule has 0 amide bonds. The fourth-order valence-corrected chi connectivity index (χ4v) is 4.71. The van der Waals surface area contributed by atoms with Crippen LogP contribution < -0.4 is 4.74 Å². The summed E-state index contributed by atoms with van der Waals surface area (Å²) in [6.07, 6.45) is 3.21. The van der Waals surface area contributed by atoms with Crippen LogP contribution in [-0.2, 0) is 6.42 Å². The molecule has 1 heterocycles. The van der Waals surface area contributed by atoms with Crippen LogP contribution >= 0.6 is 9.39 Å². The summed E-state index contributed by atoms with van der Waals surface area (Å²) in [5.41, 5.74) is 4.81. The van der Waals surface area contributed by atoms with Gasteiger partial charge in [-0.2, -0.15) is 4.98 Å². The van der Waals surface area contributed by atoms with E-state index in [9.17, 15) is 0 Å². The van der Waals surface area contributed by atoms with Crippen molar-refractivity contribution < 1.29 is 9.26 Å². The quantitative estimate of drug-likeness (QED) is 0.326. The number of rotatable bonds is 7. The Labute approximate surface area is 185 Å². The van der Waals surface area contributed by atoms with Gasteiger partial charge in [-0.25, -0.2) is 4.85 Å². The van der Waals surface area contributed by atoms with Crippen LogP contribution in [0.1, 0.15) is 50.8 Å². The molecule has 1 unspecified atom stereocenters. The number of ether oxygens (including phenoxy) is 1. The van der Waals surface area contributed by atoms with Crippen molar-refractivity contribution in [2.24, 2.45) is 0 Å². The Hall–Kier alpha value is -2.74. The van der Waals surface area contributed by atoms with Crippen LogP contribution in [0.25, 0.3) is 27.7 Å².